The lowest BCUT2D eigenvalue weighted by molar-refractivity contribution is -0.138. The van der Waals surface area contributed by atoms with Gasteiger partial charge in [-0.1, -0.05) is 12.1 Å². The van der Waals surface area contributed by atoms with E-state index >= 15 is 0 Å². The second-order valence-electron chi connectivity index (χ2n) is 7.65. The molecule has 2 amide bonds. The van der Waals surface area contributed by atoms with Gasteiger partial charge < -0.3 is 14.7 Å². The minimum atomic E-state index is -0.793. The van der Waals surface area contributed by atoms with Gasteiger partial charge in [0, 0.05) is 6.42 Å². The number of hydrogen-bond acceptors (Lipinski definition) is 6. The summed E-state index contributed by atoms with van der Waals surface area (Å²) in [4.78, 5) is 38.8. The van der Waals surface area contributed by atoms with Crippen molar-refractivity contribution in [3.63, 3.8) is 0 Å². The van der Waals surface area contributed by atoms with Crippen molar-refractivity contribution in [3.8, 4) is 5.75 Å². The van der Waals surface area contributed by atoms with Crippen molar-refractivity contribution in [2.45, 2.75) is 37.6 Å². The Morgan fingerprint density at radius 2 is 1.96 bits per heavy atom. The average Bonchev–Trinajstić information content (AvgIpc) is 2.67. The number of amides is 2. The molecule has 4 rings (SSSR count). The Morgan fingerprint density at radius 3 is 2.68 bits per heavy atom. The minimum absolute atomic E-state index is 0.0827. The molecule has 3 heterocycles. The van der Waals surface area contributed by atoms with Gasteiger partial charge in [0.2, 0.25) is 11.8 Å². The summed E-state index contributed by atoms with van der Waals surface area (Å²) < 4.78 is 6.03. The zero-order valence-corrected chi connectivity index (χ0v) is 15.7. The van der Waals surface area contributed by atoms with E-state index in [2.05, 4.69) is 16.3 Å². The fourth-order valence-electron chi connectivity index (χ4n) is 4.51. The number of hydrogen-bond donors (Lipinski definition) is 2. The van der Waals surface area contributed by atoms with Crippen LogP contribution in [0.3, 0.4) is 0 Å². The molecule has 0 spiro atoms. The number of imide groups is 1. The van der Waals surface area contributed by atoms with Crippen LogP contribution in [0.5, 0.6) is 5.75 Å². The molecule has 0 saturated carbocycles. The van der Waals surface area contributed by atoms with Crippen LogP contribution in [0.4, 0.5) is 5.69 Å². The summed E-state index contributed by atoms with van der Waals surface area (Å²) in [5.74, 6) is -0.108. The van der Waals surface area contributed by atoms with Gasteiger partial charge >= 0.3 is 5.97 Å². The van der Waals surface area contributed by atoms with Crippen LogP contribution in [-0.4, -0.2) is 66.6 Å². The molecule has 2 N–H and O–H groups in total. The molecule has 8 nitrogen and oxygen atoms in total. The zero-order chi connectivity index (χ0) is 19.7. The topological polar surface area (TPSA) is 99.2 Å². The van der Waals surface area contributed by atoms with Crippen molar-refractivity contribution in [2.75, 3.05) is 37.7 Å². The van der Waals surface area contributed by atoms with E-state index < -0.39 is 5.97 Å². The van der Waals surface area contributed by atoms with Crippen LogP contribution >= 0.6 is 0 Å². The molecule has 28 heavy (non-hydrogen) atoms. The summed E-state index contributed by atoms with van der Waals surface area (Å²) in [6.45, 7) is 2.69. The van der Waals surface area contributed by atoms with E-state index in [1.54, 1.807) is 0 Å². The molecule has 0 aromatic heterocycles. The van der Waals surface area contributed by atoms with Gasteiger partial charge in [-0.15, -0.1) is 0 Å². The first-order valence-corrected chi connectivity index (χ1v) is 9.83. The molecule has 0 bridgehead atoms. The van der Waals surface area contributed by atoms with Gasteiger partial charge in [0.25, 0.3) is 0 Å². The number of carbonyl (C=O) groups is 3. The molecule has 2 fully saturated rings. The largest absolute Gasteiger partial charge is 0.489 e. The highest BCUT2D eigenvalue weighted by Gasteiger charge is 2.36. The summed E-state index contributed by atoms with van der Waals surface area (Å²) in [6.07, 6.45) is 2.63. The average molecular weight is 387 g/mol. The van der Waals surface area contributed by atoms with Crippen LogP contribution in [-0.2, 0) is 14.4 Å². The smallest absolute Gasteiger partial charge is 0.317 e. The molecule has 1 atom stereocenters. The second-order valence-corrected chi connectivity index (χ2v) is 7.65. The maximum atomic E-state index is 12.4. The van der Waals surface area contributed by atoms with Gasteiger partial charge in [0.1, 0.15) is 18.4 Å². The minimum Gasteiger partial charge on any atom is -0.489 e. The predicted molar refractivity (Wildman–Crippen MR) is 102 cm³/mol. The number of para-hydroxylation sites is 1. The fourth-order valence-corrected chi connectivity index (χ4v) is 4.51. The molecule has 0 aliphatic carbocycles. The third-order valence-corrected chi connectivity index (χ3v) is 5.89. The standard InChI is InChI=1S/C20H25N3O5/c24-17-5-4-16(20(27)21-17)23-10-11-28-19-14(2-1-3-15(19)23)13-6-8-22(9-7-13)12-18(25)26/h1-3,13,16H,4-12H2,(H,25,26)(H,21,24,27). The van der Waals surface area contributed by atoms with E-state index in [0.717, 1.165) is 42.9 Å². The van der Waals surface area contributed by atoms with E-state index in [0.29, 0.717) is 31.9 Å². The number of likely N-dealkylation sites (tertiary alicyclic amines) is 1. The van der Waals surface area contributed by atoms with Crippen molar-refractivity contribution in [3.05, 3.63) is 23.8 Å². The highest BCUT2D eigenvalue weighted by atomic mass is 16.5. The molecular formula is C20H25N3O5. The molecule has 0 radical (unpaired) electrons. The summed E-state index contributed by atoms with van der Waals surface area (Å²) in [5.41, 5.74) is 2.04. The number of benzene rings is 1. The van der Waals surface area contributed by atoms with Crippen molar-refractivity contribution >= 4 is 23.5 Å². The van der Waals surface area contributed by atoms with Gasteiger partial charge in [0.15, 0.2) is 0 Å². The Bertz CT molecular complexity index is 788. The lowest BCUT2D eigenvalue weighted by Crippen LogP contribution is -2.54. The molecule has 2 saturated heterocycles. The number of carboxylic acids is 1. The number of rotatable bonds is 4. The maximum Gasteiger partial charge on any atom is 0.317 e. The summed E-state index contributed by atoms with van der Waals surface area (Å²) >= 11 is 0. The monoisotopic (exact) mass is 387 g/mol. The molecule has 1 unspecified atom stereocenters. The number of carbonyl (C=O) groups excluding carboxylic acids is 2. The molecule has 3 aliphatic heterocycles. The van der Waals surface area contributed by atoms with Crippen LogP contribution in [0, 0.1) is 0 Å². The van der Waals surface area contributed by atoms with Gasteiger partial charge in [0.05, 0.1) is 18.8 Å². The van der Waals surface area contributed by atoms with E-state index in [1.165, 1.54) is 0 Å². The van der Waals surface area contributed by atoms with Crippen LogP contribution < -0.4 is 15.0 Å². The Hall–Kier alpha value is -2.61. The molecule has 1 aromatic carbocycles. The van der Waals surface area contributed by atoms with Gasteiger partial charge in [-0.25, -0.2) is 0 Å². The summed E-state index contributed by atoms with van der Waals surface area (Å²) in [5, 5.41) is 11.4. The lowest BCUT2D eigenvalue weighted by atomic mass is 9.87. The summed E-state index contributed by atoms with van der Waals surface area (Å²) in [6, 6.07) is 5.68. The van der Waals surface area contributed by atoms with Crippen molar-refractivity contribution < 1.29 is 24.2 Å². The molecular weight excluding hydrogens is 362 g/mol. The number of fused-ring (bicyclic) bond motifs is 1. The number of nitrogens with one attached hydrogen (secondary N) is 1. The SMILES string of the molecule is O=C(O)CN1CCC(c2cccc3c2OCCN3C2CCC(=O)NC2=O)CC1. The molecule has 150 valence electrons. The zero-order valence-electron chi connectivity index (χ0n) is 15.7. The van der Waals surface area contributed by atoms with Crippen LogP contribution in [0.2, 0.25) is 0 Å². The number of piperidine rings is 2. The number of nitrogens with zero attached hydrogens (tertiary/aromatic N) is 2. The Morgan fingerprint density at radius 1 is 1.18 bits per heavy atom. The van der Waals surface area contributed by atoms with E-state index in [9.17, 15) is 14.4 Å². The van der Waals surface area contributed by atoms with Crippen molar-refractivity contribution in [2.24, 2.45) is 0 Å². The highest BCUT2D eigenvalue weighted by molar-refractivity contribution is 6.02. The van der Waals surface area contributed by atoms with E-state index in [-0.39, 0.29) is 24.4 Å². The fraction of sp³-hybridized carbons (Fsp3) is 0.550. The first-order chi connectivity index (χ1) is 13.5. The van der Waals surface area contributed by atoms with Crippen LogP contribution in [0.15, 0.2) is 18.2 Å². The lowest BCUT2D eigenvalue weighted by Gasteiger charge is -2.40. The summed E-state index contributed by atoms with van der Waals surface area (Å²) in [7, 11) is 0. The first-order valence-electron chi connectivity index (χ1n) is 9.83. The van der Waals surface area contributed by atoms with Crippen molar-refractivity contribution in [1.29, 1.82) is 0 Å². The third kappa shape index (κ3) is 3.69. The molecule has 1 aromatic rings. The Balaban J connectivity index is 1.54. The number of aliphatic carboxylic acids is 1. The Labute approximate surface area is 163 Å². The van der Waals surface area contributed by atoms with Gasteiger partial charge in [-0.05, 0) is 49.9 Å². The van der Waals surface area contributed by atoms with Gasteiger partial charge in [-0.2, -0.15) is 0 Å². The highest BCUT2D eigenvalue weighted by Crippen LogP contribution is 2.42. The molecule has 8 heteroatoms. The number of carboxylic acid groups (broad SMARTS) is 1. The van der Waals surface area contributed by atoms with Crippen LogP contribution in [0.25, 0.3) is 0 Å². The number of anilines is 1. The van der Waals surface area contributed by atoms with Crippen molar-refractivity contribution in [1.82, 2.24) is 10.2 Å². The van der Waals surface area contributed by atoms with E-state index in [4.69, 9.17) is 9.84 Å². The second kappa shape index (κ2) is 7.79. The number of ether oxygens (including phenoxy) is 1. The van der Waals surface area contributed by atoms with Crippen LogP contribution in [0.1, 0.15) is 37.2 Å². The quantitative estimate of drug-likeness (QED) is 0.742. The van der Waals surface area contributed by atoms with Gasteiger partial charge in [-0.3, -0.25) is 24.6 Å². The first kappa shape index (κ1) is 18.7. The normalized spacial score (nSPS) is 23.7. The van der Waals surface area contributed by atoms with E-state index in [1.807, 2.05) is 17.0 Å². The molecule has 3 aliphatic rings. The Kier molecular flexibility index (Phi) is 5.21. The maximum absolute atomic E-state index is 12.4. The third-order valence-electron chi connectivity index (χ3n) is 5.89. The predicted octanol–water partition coefficient (Wildman–Crippen LogP) is 0.955.